The summed E-state index contributed by atoms with van der Waals surface area (Å²) in [7, 11) is 0. The van der Waals surface area contributed by atoms with Crippen LogP contribution in [-0.4, -0.2) is 17.1 Å². The molecule has 0 radical (unpaired) electrons. The van der Waals surface area contributed by atoms with E-state index in [0.717, 1.165) is 56.4 Å². The number of amides is 1. The molecule has 0 bridgehead atoms. The zero-order valence-electron chi connectivity index (χ0n) is 35.2. The monoisotopic (exact) mass is 766 g/mol. The highest BCUT2D eigenvalue weighted by molar-refractivity contribution is 5.77. The van der Waals surface area contributed by atoms with Crippen LogP contribution < -0.4 is 5.32 Å². The predicted octanol–water partition coefficient (Wildman–Crippen LogP) is 13.1. The van der Waals surface area contributed by atoms with Crippen molar-refractivity contribution in [2.24, 2.45) is 62.1 Å². The van der Waals surface area contributed by atoms with E-state index in [1.54, 1.807) is 0 Å². The maximum Gasteiger partial charge on any atom is 0.416 e. The maximum atomic E-state index is 13.8. The van der Waals surface area contributed by atoms with E-state index in [1.807, 2.05) is 0 Å². The van der Waals surface area contributed by atoms with Gasteiger partial charge in [-0.3, -0.25) is 4.79 Å². The zero-order chi connectivity index (χ0) is 40.6. The Morgan fingerprint density at radius 2 is 1.53 bits per heavy atom. The number of carbonyl (C=O) groups excluding carboxylic acids is 1. The highest BCUT2D eigenvalue weighted by Crippen LogP contribution is 2.78. The van der Waals surface area contributed by atoms with Crippen molar-refractivity contribution in [2.75, 3.05) is 0 Å². The SMILES string of the molecule is C=C(O)CC(C)(C)CC(=C)O[C@H]1CC[C@@]2(C)C(CC[C@]3(C)C2CC[C@@H]2C4C(C(=C)C)CC[C@]4(CC(=O)NCc4ccc(C(F)(F)F)cc4)CC[C@]23C)C1(C)C. The minimum Gasteiger partial charge on any atom is -0.513 e. The summed E-state index contributed by atoms with van der Waals surface area (Å²) in [6.07, 6.45) is 8.65. The number of fused-ring (bicyclic) bond motifs is 7. The number of allylic oxidation sites excluding steroid dienone is 3. The van der Waals surface area contributed by atoms with E-state index >= 15 is 0 Å². The quantitative estimate of drug-likeness (QED) is 0.174. The summed E-state index contributed by atoms with van der Waals surface area (Å²) < 4.78 is 46.1. The van der Waals surface area contributed by atoms with Crippen molar-refractivity contribution in [1.82, 2.24) is 5.32 Å². The van der Waals surface area contributed by atoms with Crippen LogP contribution in [0.2, 0.25) is 0 Å². The van der Waals surface area contributed by atoms with Gasteiger partial charge >= 0.3 is 6.18 Å². The van der Waals surface area contributed by atoms with Gasteiger partial charge in [0.05, 0.1) is 17.1 Å². The summed E-state index contributed by atoms with van der Waals surface area (Å²) in [4.78, 5) is 13.8. The average molecular weight is 766 g/mol. The van der Waals surface area contributed by atoms with Crippen LogP contribution in [0.25, 0.3) is 0 Å². The van der Waals surface area contributed by atoms with Gasteiger partial charge in [-0.05, 0) is 145 Å². The molecular weight excluding hydrogens is 696 g/mol. The number of hydrogen-bond acceptors (Lipinski definition) is 3. The number of hydrogen-bond donors (Lipinski definition) is 2. The van der Waals surface area contributed by atoms with E-state index in [0.29, 0.717) is 54.4 Å². The highest BCUT2D eigenvalue weighted by atomic mass is 19.4. The predicted molar refractivity (Wildman–Crippen MR) is 216 cm³/mol. The Morgan fingerprint density at radius 1 is 0.855 bits per heavy atom. The molecule has 0 saturated heterocycles. The summed E-state index contributed by atoms with van der Waals surface area (Å²) in [5, 5.41) is 13.0. The highest BCUT2D eigenvalue weighted by Gasteiger charge is 2.71. The van der Waals surface area contributed by atoms with Gasteiger partial charge in [0.1, 0.15) is 6.10 Å². The Hall–Kier alpha value is -2.70. The number of halogens is 3. The van der Waals surface area contributed by atoms with Crippen LogP contribution in [0.1, 0.15) is 150 Å². The largest absolute Gasteiger partial charge is 0.513 e. The molecule has 0 aliphatic heterocycles. The lowest BCUT2D eigenvalue weighted by molar-refractivity contribution is -0.249. The van der Waals surface area contributed by atoms with Crippen molar-refractivity contribution >= 4 is 5.91 Å². The van der Waals surface area contributed by atoms with Crippen LogP contribution in [0.3, 0.4) is 0 Å². The number of aliphatic hydroxyl groups excluding tert-OH is 1. The molecule has 7 heteroatoms. The molecule has 2 N–H and O–H groups in total. The first-order chi connectivity index (χ1) is 25.4. The smallest absolute Gasteiger partial charge is 0.416 e. The van der Waals surface area contributed by atoms with Crippen molar-refractivity contribution in [1.29, 1.82) is 0 Å². The molecule has 5 aliphatic rings. The fraction of sp³-hybridized carbons (Fsp3) is 0.729. The average Bonchev–Trinajstić information content (AvgIpc) is 3.44. The number of ether oxygens (including phenoxy) is 1. The molecule has 1 aromatic carbocycles. The Bertz CT molecular complexity index is 1660. The number of aliphatic hydroxyl groups is 1. The summed E-state index contributed by atoms with van der Waals surface area (Å²) >= 11 is 0. The molecule has 5 saturated carbocycles. The second-order valence-electron chi connectivity index (χ2n) is 21.3. The third-order valence-corrected chi connectivity index (χ3v) is 17.1. The Kier molecular flexibility index (Phi) is 10.9. The molecule has 1 aromatic rings. The zero-order valence-corrected chi connectivity index (χ0v) is 35.2. The van der Waals surface area contributed by atoms with Crippen molar-refractivity contribution < 1.29 is 27.8 Å². The van der Waals surface area contributed by atoms with Crippen LogP contribution >= 0.6 is 0 Å². The van der Waals surface area contributed by atoms with Crippen molar-refractivity contribution in [3.8, 4) is 0 Å². The topological polar surface area (TPSA) is 58.6 Å². The Labute approximate surface area is 330 Å². The molecule has 0 heterocycles. The third-order valence-electron chi connectivity index (χ3n) is 17.1. The van der Waals surface area contributed by atoms with E-state index in [2.05, 4.69) is 80.4 Å². The van der Waals surface area contributed by atoms with Crippen LogP contribution in [0.15, 0.2) is 61.1 Å². The molecule has 5 aliphatic carbocycles. The number of nitrogens with one attached hydrogen (secondary N) is 1. The Morgan fingerprint density at radius 3 is 2.15 bits per heavy atom. The normalized spacial score (nSPS) is 38.1. The van der Waals surface area contributed by atoms with Crippen molar-refractivity contribution in [3.05, 3.63) is 72.2 Å². The van der Waals surface area contributed by atoms with Crippen molar-refractivity contribution in [2.45, 2.75) is 158 Å². The lowest BCUT2D eigenvalue weighted by Gasteiger charge is -2.73. The summed E-state index contributed by atoms with van der Waals surface area (Å²) in [6.45, 7) is 32.1. The molecule has 5 fully saturated rings. The first-order valence-corrected chi connectivity index (χ1v) is 21.2. The van der Waals surface area contributed by atoms with Crippen LogP contribution in [0, 0.1) is 62.1 Å². The number of rotatable bonds is 11. The van der Waals surface area contributed by atoms with E-state index < -0.39 is 11.7 Å². The van der Waals surface area contributed by atoms with E-state index in [-0.39, 0.29) is 56.8 Å². The molecule has 55 heavy (non-hydrogen) atoms. The molecule has 10 atom stereocenters. The molecule has 4 unspecified atom stereocenters. The molecule has 1 amide bonds. The molecule has 6 rings (SSSR count). The molecule has 306 valence electrons. The lowest BCUT2D eigenvalue weighted by Crippen LogP contribution is -2.66. The first kappa shape index (κ1) is 41.9. The van der Waals surface area contributed by atoms with Gasteiger partial charge in [-0.1, -0.05) is 85.9 Å². The molecular formula is C48H70F3NO3. The van der Waals surface area contributed by atoms with Gasteiger partial charge < -0.3 is 15.2 Å². The first-order valence-electron chi connectivity index (χ1n) is 21.2. The molecule has 0 aromatic heterocycles. The Balaban J connectivity index is 1.19. The van der Waals surface area contributed by atoms with Gasteiger partial charge in [-0.25, -0.2) is 0 Å². The second-order valence-corrected chi connectivity index (χ2v) is 21.3. The van der Waals surface area contributed by atoms with Gasteiger partial charge in [-0.2, -0.15) is 13.2 Å². The number of alkyl halides is 3. The van der Waals surface area contributed by atoms with Crippen molar-refractivity contribution in [3.63, 3.8) is 0 Å². The van der Waals surface area contributed by atoms with Crippen LogP contribution in [-0.2, 0) is 22.3 Å². The van der Waals surface area contributed by atoms with E-state index in [9.17, 15) is 23.1 Å². The van der Waals surface area contributed by atoms with Crippen LogP contribution in [0.4, 0.5) is 13.2 Å². The number of carbonyl (C=O) groups is 1. The van der Waals surface area contributed by atoms with Gasteiger partial charge in [0, 0.05) is 31.2 Å². The molecule has 0 spiro atoms. The van der Waals surface area contributed by atoms with E-state index in [4.69, 9.17) is 4.74 Å². The fourth-order valence-corrected chi connectivity index (χ4v) is 14.6. The van der Waals surface area contributed by atoms with Gasteiger partial charge in [0.2, 0.25) is 5.91 Å². The maximum absolute atomic E-state index is 13.8. The van der Waals surface area contributed by atoms with Gasteiger partial charge in [0.15, 0.2) is 0 Å². The summed E-state index contributed by atoms with van der Waals surface area (Å²) in [5.41, 5.74) is 1.53. The van der Waals surface area contributed by atoms with Crippen LogP contribution in [0.5, 0.6) is 0 Å². The minimum atomic E-state index is -4.38. The van der Waals surface area contributed by atoms with E-state index in [1.165, 1.54) is 43.4 Å². The van der Waals surface area contributed by atoms with Gasteiger partial charge in [-0.15, -0.1) is 0 Å². The minimum absolute atomic E-state index is 0.00824. The summed E-state index contributed by atoms with van der Waals surface area (Å²) in [6, 6.07) is 5.12. The third kappa shape index (κ3) is 7.34. The fourth-order valence-electron chi connectivity index (χ4n) is 14.6. The summed E-state index contributed by atoms with van der Waals surface area (Å²) in [5.74, 6) is 3.50. The van der Waals surface area contributed by atoms with Gasteiger partial charge in [0.25, 0.3) is 0 Å². The molecule has 4 nitrogen and oxygen atoms in total. The number of benzene rings is 1. The second kappa shape index (κ2) is 14.3. The lowest BCUT2D eigenvalue weighted by atomic mass is 9.32. The standard InChI is InChI=1S/C48H70F3NO3/c1-30(2)35-18-23-47(28-40(54)52-29-33-12-14-34(15-13-33)48(49,50)51)25-24-45(10)36(41(35)47)16-17-38-44(9)21-20-39(43(7,8)37(44)19-22-46(38,45)11)55-32(4)27-42(5,6)26-31(3)53/h12-15,35-39,41,53H,1,3-4,16-29H2,2,5-11H3,(H,52,54)/t35?,36-,37?,38?,39+,41?,44+,45-,46-,47-/m1/s1.